The summed E-state index contributed by atoms with van der Waals surface area (Å²) < 4.78 is 5.57. The zero-order valence-corrected chi connectivity index (χ0v) is 13.3. The maximum absolute atomic E-state index is 12.5. The van der Waals surface area contributed by atoms with E-state index in [0.29, 0.717) is 12.1 Å². The number of nitrogens with one attached hydrogen (secondary N) is 2. The van der Waals surface area contributed by atoms with E-state index >= 15 is 0 Å². The van der Waals surface area contributed by atoms with Crippen LogP contribution in [0.25, 0.3) is 21.7 Å². The molecule has 5 heteroatoms. The van der Waals surface area contributed by atoms with Crippen molar-refractivity contribution in [2.75, 3.05) is 0 Å². The molecule has 0 bridgehead atoms. The Kier molecular flexibility index (Phi) is 3.74. The van der Waals surface area contributed by atoms with Crippen LogP contribution in [0.4, 0.5) is 0 Å². The molecule has 0 radical (unpaired) electrons. The minimum Gasteiger partial charge on any atom is -0.438 e. The Balaban J connectivity index is 1.73. The van der Waals surface area contributed by atoms with Gasteiger partial charge in [0.15, 0.2) is 0 Å². The van der Waals surface area contributed by atoms with E-state index < -0.39 is 0 Å². The van der Waals surface area contributed by atoms with Crippen molar-refractivity contribution in [2.45, 2.75) is 6.54 Å². The number of carbonyl (C=O) groups excluding carboxylic acids is 1. The topological polar surface area (TPSA) is 79.0 Å². The van der Waals surface area contributed by atoms with Gasteiger partial charge in [0.1, 0.15) is 11.1 Å². The average Bonchev–Trinajstić information content (AvgIpc) is 2.66. The average molecular weight is 329 g/mol. The third kappa shape index (κ3) is 2.87. The van der Waals surface area contributed by atoms with Gasteiger partial charge in [-0.25, -0.2) is 0 Å². The van der Waals surface area contributed by atoms with E-state index in [4.69, 9.17) is 9.83 Å². The molecule has 0 aliphatic heterocycles. The van der Waals surface area contributed by atoms with Crippen molar-refractivity contribution in [2.24, 2.45) is 0 Å². The van der Waals surface area contributed by atoms with E-state index in [0.717, 1.165) is 21.7 Å². The Morgan fingerprint density at radius 3 is 2.68 bits per heavy atom. The van der Waals surface area contributed by atoms with Gasteiger partial charge in [-0.05, 0) is 40.6 Å². The normalized spacial score (nSPS) is 10.9. The Bertz CT molecular complexity index is 1130. The Morgan fingerprint density at radius 2 is 1.84 bits per heavy atom. The molecule has 0 saturated carbocycles. The molecule has 0 aliphatic rings. The van der Waals surface area contributed by atoms with Crippen LogP contribution in [-0.2, 0) is 6.54 Å². The minimum atomic E-state index is -0.333. The smallest absolute Gasteiger partial charge is 0.257 e. The number of nitrogens with zero attached hydrogens (tertiary/aromatic N) is 1. The number of hydrogen-bond donors (Lipinski definition) is 2. The van der Waals surface area contributed by atoms with Gasteiger partial charge in [-0.15, -0.1) is 0 Å². The summed E-state index contributed by atoms with van der Waals surface area (Å²) in [5.41, 5.74) is 1.61. The maximum Gasteiger partial charge on any atom is 0.257 e. The number of benzene rings is 2. The second kappa shape index (κ2) is 6.20. The molecule has 0 spiro atoms. The summed E-state index contributed by atoms with van der Waals surface area (Å²) in [4.78, 5) is 16.5. The van der Waals surface area contributed by atoms with Crippen LogP contribution < -0.4 is 10.9 Å². The number of amides is 1. The quantitative estimate of drug-likeness (QED) is 0.565. The second-order valence-electron chi connectivity index (χ2n) is 5.73. The Morgan fingerprint density at radius 1 is 1.04 bits per heavy atom. The summed E-state index contributed by atoms with van der Waals surface area (Å²) in [5.74, 6) is -0.333. The highest BCUT2D eigenvalue weighted by Crippen LogP contribution is 2.24. The largest absolute Gasteiger partial charge is 0.438 e. The molecule has 2 aromatic carbocycles. The fourth-order valence-corrected chi connectivity index (χ4v) is 2.84. The lowest BCUT2D eigenvalue weighted by molar-refractivity contribution is 0.0946. The Hall–Kier alpha value is -3.47. The van der Waals surface area contributed by atoms with Crippen molar-refractivity contribution in [3.8, 4) is 0 Å². The molecule has 0 fully saturated rings. The molecule has 5 nitrogen and oxygen atoms in total. The highest BCUT2D eigenvalue weighted by Gasteiger charge is 2.13. The summed E-state index contributed by atoms with van der Waals surface area (Å²) in [7, 11) is 0. The van der Waals surface area contributed by atoms with Crippen molar-refractivity contribution in [1.82, 2.24) is 10.3 Å². The number of pyridine rings is 1. The predicted octanol–water partition coefficient (Wildman–Crippen LogP) is 3.39. The van der Waals surface area contributed by atoms with Crippen LogP contribution in [0.1, 0.15) is 15.9 Å². The van der Waals surface area contributed by atoms with Gasteiger partial charge < -0.3 is 9.73 Å². The van der Waals surface area contributed by atoms with Crippen LogP contribution in [0.5, 0.6) is 0 Å². The van der Waals surface area contributed by atoms with E-state index in [1.54, 1.807) is 18.5 Å². The molecule has 2 heterocycles. The lowest BCUT2D eigenvalue weighted by Crippen LogP contribution is -2.27. The molecule has 2 N–H and O–H groups in total. The molecule has 1 amide bonds. The number of fused-ring (bicyclic) bond motifs is 3. The molecule has 2 aromatic heterocycles. The summed E-state index contributed by atoms with van der Waals surface area (Å²) >= 11 is 0. The van der Waals surface area contributed by atoms with Crippen molar-refractivity contribution >= 4 is 27.6 Å². The monoisotopic (exact) mass is 329 g/mol. The number of rotatable bonds is 3. The van der Waals surface area contributed by atoms with E-state index in [1.165, 1.54) is 0 Å². The van der Waals surface area contributed by atoms with Crippen molar-refractivity contribution in [1.29, 1.82) is 5.41 Å². The fourth-order valence-electron chi connectivity index (χ4n) is 2.84. The molecule has 4 rings (SSSR count). The standard InChI is InChI=1S/C20H15N3O2/c21-19-17(20(24)23-12-13-7-9-22-10-8-13)11-16-15-4-2-1-3-14(15)5-6-18(16)25-19/h1-11,21H,12H2,(H,23,24). The first-order valence-electron chi connectivity index (χ1n) is 7.90. The number of carbonyl (C=O) groups is 1. The minimum absolute atomic E-state index is 0.144. The molecular formula is C20H15N3O2. The molecule has 0 unspecified atom stereocenters. The molecule has 0 saturated heterocycles. The molecule has 122 valence electrons. The van der Waals surface area contributed by atoms with Gasteiger partial charge in [-0.2, -0.15) is 0 Å². The van der Waals surface area contributed by atoms with Crippen LogP contribution >= 0.6 is 0 Å². The van der Waals surface area contributed by atoms with Crippen LogP contribution in [0.15, 0.2) is 71.4 Å². The van der Waals surface area contributed by atoms with Crippen LogP contribution in [0.2, 0.25) is 0 Å². The van der Waals surface area contributed by atoms with E-state index in [-0.39, 0.29) is 17.0 Å². The maximum atomic E-state index is 12.5. The Labute approximate surface area is 143 Å². The van der Waals surface area contributed by atoms with E-state index in [9.17, 15) is 4.79 Å². The van der Waals surface area contributed by atoms with Gasteiger partial charge in [0, 0.05) is 24.3 Å². The lowest BCUT2D eigenvalue weighted by atomic mass is 10.0. The van der Waals surface area contributed by atoms with Crippen molar-refractivity contribution in [3.05, 3.63) is 83.7 Å². The van der Waals surface area contributed by atoms with Crippen LogP contribution in [0.3, 0.4) is 0 Å². The fraction of sp³-hybridized carbons (Fsp3) is 0.0500. The SMILES string of the molecule is N=c1oc2ccc3ccccc3c2cc1C(=O)NCc1ccncc1. The van der Waals surface area contributed by atoms with Crippen LogP contribution in [0, 0.1) is 5.41 Å². The summed E-state index contributed by atoms with van der Waals surface area (Å²) in [6, 6.07) is 17.1. The van der Waals surface area contributed by atoms with E-state index in [2.05, 4.69) is 10.3 Å². The number of hydrogen-bond acceptors (Lipinski definition) is 4. The van der Waals surface area contributed by atoms with Gasteiger partial charge >= 0.3 is 0 Å². The molecule has 4 aromatic rings. The highest BCUT2D eigenvalue weighted by molar-refractivity contribution is 6.07. The number of aromatic nitrogens is 1. The third-order valence-electron chi connectivity index (χ3n) is 4.12. The first-order chi connectivity index (χ1) is 12.2. The van der Waals surface area contributed by atoms with Gasteiger partial charge in [-0.3, -0.25) is 15.2 Å². The molecule has 25 heavy (non-hydrogen) atoms. The second-order valence-corrected chi connectivity index (χ2v) is 5.73. The summed E-state index contributed by atoms with van der Waals surface area (Å²) in [6.45, 7) is 0.369. The summed E-state index contributed by atoms with van der Waals surface area (Å²) in [5, 5.41) is 13.7. The first-order valence-corrected chi connectivity index (χ1v) is 7.90. The third-order valence-corrected chi connectivity index (χ3v) is 4.12. The molecular weight excluding hydrogens is 314 g/mol. The van der Waals surface area contributed by atoms with Crippen LogP contribution in [-0.4, -0.2) is 10.9 Å². The molecule has 0 aliphatic carbocycles. The van der Waals surface area contributed by atoms with Gasteiger partial charge in [0.05, 0.1) is 0 Å². The zero-order chi connectivity index (χ0) is 17.2. The van der Waals surface area contributed by atoms with E-state index in [1.807, 2.05) is 48.5 Å². The molecule has 0 atom stereocenters. The van der Waals surface area contributed by atoms with Gasteiger partial charge in [-0.1, -0.05) is 30.3 Å². The summed E-state index contributed by atoms with van der Waals surface area (Å²) in [6.07, 6.45) is 3.35. The highest BCUT2D eigenvalue weighted by atomic mass is 16.3. The predicted molar refractivity (Wildman–Crippen MR) is 95.0 cm³/mol. The lowest BCUT2D eigenvalue weighted by Gasteiger charge is -2.08. The first kappa shape index (κ1) is 15.1. The zero-order valence-electron chi connectivity index (χ0n) is 13.3. The van der Waals surface area contributed by atoms with Gasteiger partial charge in [0.25, 0.3) is 5.91 Å². The van der Waals surface area contributed by atoms with Gasteiger partial charge in [0.2, 0.25) is 5.55 Å². The van der Waals surface area contributed by atoms with Crippen molar-refractivity contribution < 1.29 is 9.21 Å². The van der Waals surface area contributed by atoms with Crippen molar-refractivity contribution in [3.63, 3.8) is 0 Å².